The van der Waals surface area contributed by atoms with Crippen LogP contribution in [0.3, 0.4) is 0 Å². The minimum absolute atomic E-state index is 0.0745. The normalized spacial score (nSPS) is 14.5. The predicted octanol–water partition coefficient (Wildman–Crippen LogP) is 28.9. The lowest BCUT2D eigenvalue weighted by atomic mass is 10.0. The van der Waals surface area contributed by atoms with Crippen molar-refractivity contribution in [2.45, 2.75) is 411 Å². The average Bonchev–Trinajstić information content (AvgIpc) is 0.900. The largest absolute Gasteiger partial charge is 0.472 e. The molecular weight excluding hydrogens is 1510 g/mol. The van der Waals surface area contributed by atoms with E-state index in [-0.39, 0.29) is 19.3 Å². The fourth-order valence-electron chi connectivity index (χ4n) is 12.7. The Morgan fingerprint density at radius 3 is 0.718 bits per heavy atom. The molecule has 0 saturated heterocycles. The van der Waals surface area contributed by atoms with Gasteiger partial charge < -0.3 is 34.2 Å². The number of carbonyl (C=O) groups is 3. The SMILES string of the molecule is CC/C=C\C/C=C\C/C=C\C/C=C\C/C=C\CCCCCCCCCCCCCCCCCCCC(=O)OCC(O)COP(=O)(O)OCC(O)COP(=O)(O)OCC(COC(=O)CCCCCCCCCCCCCCCCC/C=C\C/C=C\C/C=C\C/C=C\CCCCC)OC(=O)CCCCCC/C=C\C/C=C\C/C=C\C/C=C\CC. The van der Waals surface area contributed by atoms with Gasteiger partial charge in [-0.05, 0) is 148 Å². The molecule has 5 unspecified atom stereocenters. The molecule has 672 valence electrons. The Morgan fingerprint density at radius 1 is 0.248 bits per heavy atom. The first-order valence-electron chi connectivity index (χ1n) is 46.8. The number of hydrogen-bond donors (Lipinski definition) is 4. The van der Waals surface area contributed by atoms with E-state index in [4.69, 9.17) is 32.3 Å². The maximum absolute atomic E-state index is 13.0. The van der Waals surface area contributed by atoms with Crippen molar-refractivity contribution in [3.05, 3.63) is 158 Å². The van der Waals surface area contributed by atoms with Crippen molar-refractivity contribution >= 4 is 33.6 Å². The molecular formula is C99H170O16P2. The molecule has 0 aromatic carbocycles. The van der Waals surface area contributed by atoms with Crippen LogP contribution in [0.2, 0.25) is 0 Å². The van der Waals surface area contributed by atoms with Crippen LogP contribution in [-0.2, 0) is 55.8 Å². The molecule has 16 nitrogen and oxygen atoms in total. The van der Waals surface area contributed by atoms with Gasteiger partial charge in [-0.15, -0.1) is 0 Å². The minimum atomic E-state index is -4.95. The number of allylic oxidation sites excluding steroid dienone is 26. The smallest absolute Gasteiger partial charge is 0.463 e. The molecule has 0 heterocycles. The lowest BCUT2D eigenvalue weighted by Crippen LogP contribution is -2.30. The average molecular weight is 1680 g/mol. The molecule has 0 aliphatic rings. The highest BCUT2D eigenvalue weighted by Crippen LogP contribution is 2.45. The molecule has 5 atom stereocenters. The van der Waals surface area contributed by atoms with E-state index in [2.05, 4.69) is 179 Å². The first-order chi connectivity index (χ1) is 57.2. The fourth-order valence-corrected chi connectivity index (χ4v) is 14.3. The van der Waals surface area contributed by atoms with E-state index >= 15 is 0 Å². The Kier molecular flexibility index (Phi) is 86.7. The van der Waals surface area contributed by atoms with Crippen molar-refractivity contribution in [1.82, 2.24) is 0 Å². The Bertz CT molecular complexity index is 2760. The molecule has 117 heavy (non-hydrogen) atoms. The monoisotopic (exact) mass is 1680 g/mol. The van der Waals surface area contributed by atoms with Crippen LogP contribution >= 0.6 is 15.6 Å². The summed E-state index contributed by atoms with van der Waals surface area (Å²) in [7, 11) is -9.81. The van der Waals surface area contributed by atoms with Crippen molar-refractivity contribution in [3.8, 4) is 0 Å². The van der Waals surface area contributed by atoms with Crippen LogP contribution in [0.25, 0.3) is 0 Å². The molecule has 0 radical (unpaired) electrons. The van der Waals surface area contributed by atoms with Crippen LogP contribution < -0.4 is 0 Å². The third-order valence-electron chi connectivity index (χ3n) is 19.7. The van der Waals surface area contributed by atoms with Gasteiger partial charge in [-0.2, -0.15) is 0 Å². The number of unbranched alkanes of at least 4 members (excludes halogenated alkanes) is 39. The molecule has 0 fully saturated rings. The van der Waals surface area contributed by atoms with Gasteiger partial charge in [0.25, 0.3) is 0 Å². The molecule has 0 bridgehead atoms. The van der Waals surface area contributed by atoms with E-state index in [1.54, 1.807) is 0 Å². The first-order valence-corrected chi connectivity index (χ1v) is 49.8. The molecule has 0 aromatic rings. The molecule has 0 spiro atoms. The van der Waals surface area contributed by atoms with Gasteiger partial charge in [-0.3, -0.25) is 32.5 Å². The first kappa shape index (κ1) is 112. The summed E-state index contributed by atoms with van der Waals surface area (Å²) in [4.78, 5) is 59.0. The second-order valence-electron chi connectivity index (χ2n) is 31.0. The molecule has 0 aliphatic carbocycles. The lowest BCUT2D eigenvalue weighted by Gasteiger charge is -2.21. The number of carbonyl (C=O) groups excluding carboxylic acids is 3. The minimum Gasteiger partial charge on any atom is -0.463 e. The fraction of sp³-hybridized carbons (Fsp3) is 0.707. The van der Waals surface area contributed by atoms with Gasteiger partial charge in [0, 0.05) is 19.3 Å². The van der Waals surface area contributed by atoms with Gasteiger partial charge in [0.1, 0.15) is 25.4 Å². The van der Waals surface area contributed by atoms with E-state index in [9.17, 15) is 43.5 Å². The van der Waals surface area contributed by atoms with Crippen LogP contribution in [0.1, 0.15) is 393 Å². The van der Waals surface area contributed by atoms with Crippen molar-refractivity contribution in [2.24, 2.45) is 0 Å². The number of phosphoric ester groups is 2. The zero-order valence-electron chi connectivity index (χ0n) is 74.1. The summed E-state index contributed by atoms with van der Waals surface area (Å²) in [6.45, 7) is 2.45. The summed E-state index contributed by atoms with van der Waals surface area (Å²) in [5.41, 5.74) is 0. The number of ether oxygens (including phenoxy) is 3. The molecule has 4 N–H and O–H groups in total. The quantitative estimate of drug-likeness (QED) is 0.0146. The number of phosphoric acid groups is 2. The lowest BCUT2D eigenvalue weighted by molar-refractivity contribution is -0.161. The summed E-state index contributed by atoms with van der Waals surface area (Å²) < 4.78 is 61.4. The number of aliphatic hydroxyl groups excluding tert-OH is 2. The third kappa shape index (κ3) is 91.7. The third-order valence-corrected chi connectivity index (χ3v) is 21.6. The zero-order valence-corrected chi connectivity index (χ0v) is 75.9. The second kappa shape index (κ2) is 90.4. The molecule has 0 aliphatic heterocycles. The van der Waals surface area contributed by atoms with Crippen LogP contribution in [0, 0.1) is 0 Å². The van der Waals surface area contributed by atoms with Gasteiger partial charge in [0.2, 0.25) is 0 Å². The van der Waals surface area contributed by atoms with E-state index in [0.717, 1.165) is 141 Å². The summed E-state index contributed by atoms with van der Waals surface area (Å²) in [6, 6.07) is 0. The zero-order chi connectivity index (χ0) is 85.1. The Morgan fingerprint density at radius 2 is 0.453 bits per heavy atom. The number of rotatable bonds is 88. The Hall–Kier alpha value is -4.83. The molecule has 0 aromatic heterocycles. The van der Waals surface area contributed by atoms with E-state index in [1.165, 1.54) is 193 Å². The second-order valence-corrected chi connectivity index (χ2v) is 34.0. The maximum Gasteiger partial charge on any atom is 0.472 e. The van der Waals surface area contributed by atoms with Gasteiger partial charge in [0.15, 0.2) is 6.10 Å². The van der Waals surface area contributed by atoms with Crippen LogP contribution in [0.15, 0.2) is 158 Å². The maximum atomic E-state index is 13.0. The Labute approximate surface area is 714 Å². The molecule has 0 saturated carbocycles. The van der Waals surface area contributed by atoms with Crippen LogP contribution in [0.4, 0.5) is 0 Å². The van der Waals surface area contributed by atoms with Gasteiger partial charge >= 0.3 is 33.6 Å². The van der Waals surface area contributed by atoms with E-state index in [0.29, 0.717) is 19.3 Å². The summed E-state index contributed by atoms with van der Waals surface area (Å²) in [5, 5.41) is 20.7. The van der Waals surface area contributed by atoms with Crippen molar-refractivity contribution < 1.29 is 75.8 Å². The molecule has 0 rings (SSSR count). The van der Waals surface area contributed by atoms with Gasteiger partial charge in [-0.1, -0.05) is 384 Å². The highest BCUT2D eigenvalue weighted by molar-refractivity contribution is 7.47. The van der Waals surface area contributed by atoms with E-state index < -0.39 is 91.5 Å². The van der Waals surface area contributed by atoms with Gasteiger partial charge in [-0.25, -0.2) is 9.13 Å². The van der Waals surface area contributed by atoms with E-state index in [1.807, 2.05) is 0 Å². The standard InChI is InChI=1S/C99H170O16P2/c1-4-7-10-13-16-19-22-25-28-31-33-35-37-39-41-43-45-46-48-50-51-53-55-57-59-62-64-67-70-73-76-79-82-85-97(102)109-88-94(100)89-111-116(105,106)112-90-95(101)91-113-117(107,108)114-93-96(115-99(104)87-84-81-78-75-72-69-66-61-30-27-24-21-18-15-12-9-6-3)92-110-98(103)86-83-80-77-74-71-68-65-63-60-58-56-54-52-49-47-44-42-40-38-36-34-32-29-26-23-20-17-14-11-8-5-2/h7,9-10,12,16-21,25-30,33-36,39-42,66,69,94-96,100-101H,4-6,8,11,13-15,22-24,31-32,37-38,43-65,67-68,70-93H2,1-3H3,(H,105,106)(H,107,108)/b10-7-,12-9-,19-16-,20-17-,21-18-,28-25-,29-26-,30-27-,35-33-,36-34-,41-39-,42-40-,69-66-. The molecule has 18 heteroatoms. The highest BCUT2D eigenvalue weighted by atomic mass is 31.2. The predicted molar refractivity (Wildman–Crippen MR) is 491 cm³/mol. The topological polar surface area (TPSA) is 231 Å². The summed E-state index contributed by atoms with van der Waals surface area (Å²) >= 11 is 0. The number of esters is 3. The van der Waals surface area contributed by atoms with Crippen LogP contribution in [0.5, 0.6) is 0 Å². The van der Waals surface area contributed by atoms with Crippen LogP contribution in [-0.4, -0.2) is 95.9 Å². The van der Waals surface area contributed by atoms with Crippen molar-refractivity contribution in [1.29, 1.82) is 0 Å². The van der Waals surface area contributed by atoms with Gasteiger partial charge in [0.05, 0.1) is 26.4 Å². The molecule has 0 amide bonds. The Balaban J connectivity index is 4.49. The van der Waals surface area contributed by atoms with Crippen molar-refractivity contribution in [2.75, 3.05) is 39.6 Å². The highest BCUT2D eigenvalue weighted by Gasteiger charge is 2.29. The summed E-state index contributed by atoms with van der Waals surface area (Å²) in [5.74, 6) is -1.59. The number of aliphatic hydroxyl groups is 2. The van der Waals surface area contributed by atoms with Crippen molar-refractivity contribution in [3.63, 3.8) is 0 Å². The number of hydrogen-bond acceptors (Lipinski definition) is 14. The summed E-state index contributed by atoms with van der Waals surface area (Å²) in [6.07, 6.45) is 116.